The van der Waals surface area contributed by atoms with Crippen LogP contribution < -0.4 is 10.2 Å². The van der Waals surface area contributed by atoms with Crippen LogP contribution in [0, 0.1) is 0 Å². The van der Waals surface area contributed by atoms with Gasteiger partial charge in [0.2, 0.25) is 0 Å². The summed E-state index contributed by atoms with van der Waals surface area (Å²) in [6.45, 7) is 1.73. The largest absolute Gasteiger partial charge is 0.367 e. The van der Waals surface area contributed by atoms with Gasteiger partial charge in [-0.15, -0.1) is 0 Å². The molecule has 0 spiro atoms. The highest BCUT2D eigenvalue weighted by atomic mass is 32.2. The van der Waals surface area contributed by atoms with Gasteiger partial charge in [0.25, 0.3) is 5.91 Å². The van der Waals surface area contributed by atoms with Gasteiger partial charge in [0.05, 0.1) is 0 Å². The van der Waals surface area contributed by atoms with E-state index in [9.17, 15) is 9.00 Å². The van der Waals surface area contributed by atoms with Gasteiger partial charge >= 0.3 is 0 Å². The van der Waals surface area contributed by atoms with Gasteiger partial charge in [0.1, 0.15) is 0 Å². The maximum Gasteiger partial charge on any atom is 0.255 e. The van der Waals surface area contributed by atoms with E-state index in [2.05, 4.69) is 40.5 Å². The van der Waals surface area contributed by atoms with Gasteiger partial charge in [-0.05, 0) is 53.9 Å². The topological polar surface area (TPSA) is 49.4 Å². The highest BCUT2D eigenvalue weighted by molar-refractivity contribution is 7.84. The monoisotopic (exact) mass is 390 g/mol. The van der Waals surface area contributed by atoms with Crippen molar-refractivity contribution in [3.05, 3.63) is 89.5 Å². The molecule has 0 saturated heterocycles. The van der Waals surface area contributed by atoms with Crippen LogP contribution in [0.3, 0.4) is 0 Å². The number of hydrogen-bond donors (Lipinski definition) is 1. The Bertz CT molecular complexity index is 1030. The van der Waals surface area contributed by atoms with Crippen LogP contribution in [0.15, 0.2) is 77.7 Å². The lowest BCUT2D eigenvalue weighted by atomic mass is 10.1. The van der Waals surface area contributed by atoms with Crippen molar-refractivity contribution in [3.63, 3.8) is 0 Å². The van der Waals surface area contributed by atoms with Crippen LogP contribution in [-0.2, 0) is 23.8 Å². The van der Waals surface area contributed by atoms with Crippen LogP contribution in [0.1, 0.15) is 21.5 Å². The summed E-state index contributed by atoms with van der Waals surface area (Å²) in [6.07, 6.45) is 2.68. The van der Waals surface area contributed by atoms with Crippen LogP contribution >= 0.6 is 0 Å². The molecule has 0 fully saturated rings. The van der Waals surface area contributed by atoms with E-state index in [1.54, 1.807) is 30.5 Å². The molecule has 1 aliphatic heterocycles. The van der Waals surface area contributed by atoms with Crippen molar-refractivity contribution < 1.29 is 9.00 Å². The summed E-state index contributed by atoms with van der Waals surface area (Å²) in [5.74, 6) is -0.164. The van der Waals surface area contributed by atoms with Crippen LogP contribution in [0.4, 0.5) is 11.4 Å². The van der Waals surface area contributed by atoms with Crippen LogP contribution in [0.2, 0.25) is 0 Å². The Hall–Kier alpha value is -2.92. The fourth-order valence-electron chi connectivity index (χ4n) is 3.55. The summed E-state index contributed by atoms with van der Waals surface area (Å²) in [5.41, 5.74) is 5.10. The van der Waals surface area contributed by atoms with Gasteiger partial charge in [0.15, 0.2) is 0 Å². The SMILES string of the molecule is C[S@@](=O)c1ccc(C(=O)Nc2ccccc2CN2CCc3ccccc32)cc1. The third-order valence-electron chi connectivity index (χ3n) is 5.06. The number of anilines is 2. The van der Waals surface area contributed by atoms with Gasteiger partial charge in [-0.1, -0.05) is 36.4 Å². The Balaban J connectivity index is 1.52. The summed E-state index contributed by atoms with van der Waals surface area (Å²) in [5, 5.41) is 3.03. The standard InChI is InChI=1S/C23H22N2O2S/c1-28(27)20-12-10-18(11-13-20)23(26)24-21-8-4-2-7-19(21)16-25-15-14-17-6-3-5-9-22(17)25/h2-13H,14-16H2,1H3,(H,24,26)/t28-/m1/s1. The Morgan fingerprint density at radius 1 is 1.00 bits per heavy atom. The summed E-state index contributed by atoms with van der Waals surface area (Å²) in [4.78, 5) is 15.7. The first-order chi connectivity index (χ1) is 13.6. The molecule has 0 aliphatic carbocycles. The number of rotatable bonds is 5. The molecule has 1 amide bonds. The Morgan fingerprint density at radius 3 is 2.50 bits per heavy atom. The maximum atomic E-state index is 12.7. The number of carbonyl (C=O) groups is 1. The molecule has 1 atom stereocenters. The molecule has 0 saturated carbocycles. The molecule has 0 unspecified atom stereocenters. The first-order valence-electron chi connectivity index (χ1n) is 9.27. The number of para-hydroxylation sites is 2. The lowest BCUT2D eigenvalue weighted by Gasteiger charge is -2.21. The van der Waals surface area contributed by atoms with E-state index in [1.165, 1.54) is 11.3 Å². The molecule has 0 bridgehead atoms. The van der Waals surface area contributed by atoms with E-state index in [0.29, 0.717) is 10.5 Å². The zero-order valence-corrected chi connectivity index (χ0v) is 16.5. The van der Waals surface area contributed by atoms with Crippen molar-refractivity contribution in [2.24, 2.45) is 0 Å². The molecule has 4 nitrogen and oxygen atoms in total. The first-order valence-corrected chi connectivity index (χ1v) is 10.8. The van der Waals surface area contributed by atoms with Crippen molar-refractivity contribution in [2.45, 2.75) is 17.9 Å². The second-order valence-corrected chi connectivity index (χ2v) is 8.27. The molecular weight excluding hydrogens is 368 g/mol. The van der Waals surface area contributed by atoms with E-state index in [1.807, 2.05) is 18.2 Å². The number of nitrogens with one attached hydrogen (secondary N) is 1. The van der Waals surface area contributed by atoms with Crippen LogP contribution in [-0.4, -0.2) is 22.9 Å². The average Bonchev–Trinajstić information content (AvgIpc) is 3.12. The fourth-order valence-corrected chi connectivity index (χ4v) is 4.07. The van der Waals surface area contributed by atoms with Crippen molar-refractivity contribution in [1.82, 2.24) is 0 Å². The minimum absolute atomic E-state index is 0.164. The maximum absolute atomic E-state index is 12.7. The molecule has 4 rings (SSSR count). The third-order valence-corrected chi connectivity index (χ3v) is 5.99. The van der Waals surface area contributed by atoms with Crippen molar-refractivity contribution in [1.29, 1.82) is 0 Å². The lowest BCUT2D eigenvalue weighted by molar-refractivity contribution is 0.102. The molecule has 0 aromatic heterocycles. The summed E-state index contributed by atoms with van der Waals surface area (Å²) in [7, 11) is -1.05. The van der Waals surface area contributed by atoms with E-state index in [0.717, 1.165) is 30.8 Å². The van der Waals surface area contributed by atoms with E-state index in [-0.39, 0.29) is 5.91 Å². The highest BCUT2D eigenvalue weighted by Crippen LogP contribution is 2.30. The molecule has 3 aromatic carbocycles. The quantitative estimate of drug-likeness (QED) is 0.709. The highest BCUT2D eigenvalue weighted by Gasteiger charge is 2.19. The Morgan fingerprint density at radius 2 is 1.71 bits per heavy atom. The molecule has 0 radical (unpaired) electrons. The third kappa shape index (κ3) is 3.85. The zero-order valence-electron chi connectivity index (χ0n) is 15.7. The first kappa shape index (κ1) is 18.4. The summed E-state index contributed by atoms with van der Waals surface area (Å²) >= 11 is 0. The zero-order chi connectivity index (χ0) is 19.5. The van der Waals surface area contributed by atoms with Gasteiger partial charge in [0, 0.05) is 52.0 Å². The molecular formula is C23H22N2O2S. The number of benzene rings is 3. The number of amides is 1. The van der Waals surface area contributed by atoms with Crippen molar-refractivity contribution >= 4 is 28.1 Å². The lowest BCUT2D eigenvalue weighted by Crippen LogP contribution is -2.21. The molecule has 5 heteroatoms. The average molecular weight is 391 g/mol. The minimum atomic E-state index is -1.05. The normalized spacial score (nSPS) is 13.8. The molecule has 1 N–H and O–H groups in total. The second kappa shape index (κ2) is 7.98. The van der Waals surface area contributed by atoms with Crippen LogP contribution in [0.25, 0.3) is 0 Å². The van der Waals surface area contributed by atoms with Gasteiger partial charge < -0.3 is 10.2 Å². The van der Waals surface area contributed by atoms with Gasteiger partial charge in [-0.2, -0.15) is 0 Å². The van der Waals surface area contributed by atoms with E-state index < -0.39 is 10.8 Å². The smallest absolute Gasteiger partial charge is 0.255 e. The summed E-state index contributed by atoms with van der Waals surface area (Å²) in [6, 6.07) is 23.3. The predicted octanol–water partition coefficient (Wildman–Crippen LogP) is 4.24. The number of nitrogens with zero attached hydrogens (tertiary/aromatic N) is 1. The van der Waals surface area contributed by atoms with Crippen molar-refractivity contribution in [3.8, 4) is 0 Å². The molecule has 142 valence electrons. The number of fused-ring (bicyclic) bond motifs is 1. The molecule has 3 aromatic rings. The van der Waals surface area contributed by atoms with Crippen LogP contribution in [0.5, 0.6) is 0 Å². The molecule has 1 heterocycles. The minimum Gasteiger partial charge on any atom is -0.367 e. The summed E-state index contributed by atoms with van der Waals surface area (Å²) < 4.78 is 11.5. The Kier molecular flexibility index (Phi) is 5.26. The van der Waals surface area contributed by atoms with E-state index in [4.69, 9.17) is 0 Å². The second-order valence-electron chi connectivity index (χ2n) is 6.89. The fraction of sp³-hybridized carbons (Fsp3) is 0.174. The predicted molar refractivity (Wildman–Crippen MR) is 114 cm³/mol. The molecule has 28 heavy (non-hydrogen) atoms. The Labute approximate surface area is 167 Å². The number of hydrogen-bond acceptors (Lipinski definition) is 3. The van der Waals surface area contributed by atoms with E-state index >= 15 is 0 Å². The van der Waals surface area contributed by atoms with Crippen molar-refractivity contribution in [2.75, 3.05) is 23.0 Å². The number of carbonyl (C=O) groups excluding carboxylic acids is 1. The molecule has 1 aliphatic rings. The van der Waals surface area contributed by atoms with Gasteiger partial charge in [-0.3, -0.25) is 9.00 Å². The van der Waals surface area contributed by atoms with Gasteiger partial charge in [-0.25, -0.2) is 0 Å².